The lowest BCUT2D eigenvalue weighted by molar-refractivity contribution is -0.122. The number of methoxy groups -OCH3 is 1. The quantitative estimate of drug-likeness (QED) is 0.555. The number of hydrogen-bond acceptors (Lipinski definition) is 5. The van der Waals surface area contributed by atoms with Gasteiger partial charge in [0.1, 0.15) is 5.70 Å². The Labute approximate surface area is 168 Å². The molecule has 1 aliphatic rings. The third kappa shape index (κ3) is 4.55. The summed E-state index contributed by atoms with van der Waals surface area (Å²) in [6.45, 7) is 1.72. The molecule has 2 N–H and O–H groups in total. The molecular weight excluding hydrogens is 374 g/mol. The van der Waals surface area contributed by atoms with Crippen LogP contribution in [0.25, 0.3) is 6.08 Å². The first kappa shape index (κ1) is 19.9. The standard InChI is InChI=1S/C21H21N3O5/c1-3-24-20(26)16(23-21(24)27)12-14-8-7-11-17(28-2)19(14)29-13-18(25)22-15-9-5-4-6-10-15/h4-12H,3,13H2,1-2H3,(H,22,25)(H,23,27)/b16-12+. The van der Waals surface area contributed by atoms with Crippen LogP contribution in [-0.4, -0.2) is 43.0 Å². The number of ether oxygens (including phenoxy) is 2. The Kier molecular flexibility index (Phi) is 6.13. The van der Waals surface area contributed by atoms with E-state index in [2.05, 4.69) is 10.6 Å². The Morgan fingerprint density at radius 3 is 2.55 bits per heavy atom. The van der Waals surface area contributed by atoms with Gasteiger partial charge >= 0.3 is 6.03 Å². The van der Waals surface area contributed by atoms with Gasteiger partial charge in [-0.15, -0.1) is 0 Å². The zero-order valence-corrected chi connectivity index (χ0v) is 16.1. The first-order chi connectivity index (χ1) is 14.0. The predicted molar refractivity (Wildman–Crippen MR) is 107 cm³/mol. The molecule has 0 atom stereocenters. The maximum Gasteiger partial charge on any atom is 0.328 e. The summed E-state index contributed by atoms with van der Waals surface area (Å²) >= 11 is 0. The Morgan fingerprint density at radius 1 is 1.14 bits per heavy atom. The number of amides is 4. The molecule has 0 bridgehead atoms. The van der Waals surface area contributed by atoms with E-state index in [-0.39, 0.29) is 24.8 Å². The molecule has 2 aromatic carbocycles. The topological polar surface area (TPSA) is 97.0 Å². The molecule has 8 heteroatoms. The molecule has 150 valence electrons. The third-order valence-electron chi connectivity index (χ3n) is 4.21. The predicted octanol–water partition coefficient (Wildman–Crippen LogP) is 2.63. The van der Waals surface area contributed by atoms with Gasteiger partial charge in [-0.05, 0) is 31.2 Å². The highest BCUT2D eigenvalue weighted by Crippen LogP contribution is 2.33. The Morgan fingerprint density at radius 2 is 1.90 bits per heavy atom. The largest absolute Gasteiger partial charge is 0.493 e. The number of nitrogens with one attached hydrogen (secondary N) is 2. The van der Waals surface area contributed by atoms with Crippen LogP contribution < -0.4 is 20.1 Å². The van der Waals surface area contributed by atoms with E-state index in [9.17, 15) is 14.4 Å². The van der Waals surface area contributed by atoms with E-state index >= 15 is 0 Å². The van der Waals surface area contributed by atoms with Crippen LogP contribution in [-0.2, 0) is 9.59 Å². The fourth-order valence-electron chi connectivity index (χ4n) is 2.83. The number of rotatable bonds is 7. The summed E-state index contributed by atoms with van der Waals surface area (Å²) in [5, 5.41) is 5.27. The lowest BCUT2D eigenvalue weighted by Gasteiger charge is -2.14. The zero-order valence-electron chi connectivity index (χ0n) is 16.1. The molecule has 1 aliphatic heterocycles. The SMILES string of the molecule is CCN1C(=O)N/C(=C/c2cccc(OC)c2OCC(=O)Nc2ccccc2)C1=O. The van der Waals surface area contributed by atoms with Crippen LogP contribution in [0, 0.1) is 0 Å². The third-order valence-corrected chi connectivity index (χ3v) is 4.21. The van der Waals surface area contributed by atoms with E-state index in [4.69, 9.17) is 9.47 Å². The normalized spacial score (nSPS) is 14.7. The van der Waals surface area contributed by atoms with Crippen LogP contribution in [0.3, 0.4) is 0 Å². The van der Waals surface area contributed by atoms with Gasteiger partial charge in [0.2, 0.25) is 0 Å². The smallest absolute Gasteiger partial charge is 0.328 e. The molecule has 8 nitrogen and oxygen atoms in total. The second-order valence-electron chi connectivity index (χ2n) is 6.12. The number of anilines is 1. The summed E-state index contributed by atoms with van der Waals surface area (Å²) in [7, 11) is 1.48. The molecule has 0 spiro atoms. The molecule has 29 heavy (non-hydrogen) atoms. The van der Waals surface area contributed by atoms with Gasteiger partial charge in [0, 0.05) is 17.8 Å². The molecule has 0 aliphatic carbocycles. The average molecular weight is 395 g/mol. The molecule has 2 aromatic rings. The van der Waals surface area contributed by atoms with Crippen LogP contribution in [0.2, 0.25) is 0 Å². The van der Waals surface area contributed by atoms with Gasteiger partial charge in [0.05, 0.1) is 7.11 Å². The van der Waals surface area contributed by atoms with E-state index in [1.165, 1.54) is 13.2 Å². The number of carbonyl (C=O) groups excluding carboxylic acids is 3. The van der Waals surface area contributed by atoms with E-state index in [0.29, 0.717) is 22.7 Å². The van der Waals surface area contributed by atoms with Gasteiger partial charge in [0.25, 0.3) is 11.8 Å². The van der Waals surface area contributed by atoms with Crippen molar-refractivity contribution in [1.82, 2.24) is 10.2 Å². The monoisotopic (exact) mass is 395 g/mol. The first-order valence-corrected chi connectivity index (χ1v) is 9.02. The van der Waals surface area contributed by atoms with Crippen LogP contribution in [0.1, 0.15) is 12.5 Å². The molecule has 1 heterocycles. The van der Waals surface area contributed by atoms with Crippen LogP contribution in [0.5, 0.6) is 11.5 Å². The second kappa shape index (κ2) is 8.92. The zero-order chi connectivity index (χ0) is 20.8. The van der Waals surface area contributed by atoms with Crippen molar-refractivity contribution in [3.05, 3.63) is 59.8 Å². The van der Waals surface area contributed by atoms with Gasteiger partial charge in [-0.1, -0.05) is 30.3 Å². The summed E-state index contributed by atoms with van der Waals surface area (Å²) < 4.78 is 11.0. The number of carbonyl (C=O) groups is 3. The lowest BCUT2D eigenvalue weighted by Crippen LogP contribution is -2.30. The van der Waals surface area contributed by atoms with E-state index in [0.717, 1.165) is 4.90 Å². The molecule has 0 unspecified atom stereocenters. The maximum absolute atomic E-state index is 12.3. The highest BCUT2D eigenvalue weighted by Gasteiger charge is 2.32. The van der Waals surface area contributed by atoms with Crippen LogP contribution in [0.15, 0.2) is 54.2 Å². The number of likely N-dealkylation sites (N-methyl/N-ethyl adjacent to an activating group) is 1. The molecule has 0 saturated carbocycles. The Bertz CT molecular complexity index is 956. The van der Waals surface area contributed by atoms with Crippen molar-refractivity contribution in [2.45, 2.75) is 6.92 Å². The molecule has 0 radical (unpaired) electrons. The number of hydrogen-bond donors (Lipinski definition) is 2. The minimum absolute atomic E-state index is 0.128. The molecule has 0 aromatic heterocycles. The van der Waals surface area contributed by atoms with Crippen molar-refractivity contribution >= 4 is 29.6 Å². The average Bonchev–Trinajstić information content (AvgIpc) is 2.99. The molecular formula is C21H21N3O5. The molecule has 4 amide bonds. The minimum atomic E-state index is -0.476. The highest BCUT2D eigenvalue weighted by atomic mass is 16.5. The molecule has 3 rings (SSSR count). The summed E-state index contributed by atoms with van der Waals surface area (Å²) in [6, 6.07) is 13.6. The highest BCUT2D eigenvalue weighted by molar-refractivity contribution is 6.14. The number of para-hydroxylation sites is 2. The number of nitrogens with zero attached hydrogens (tertiary/aromatic N) is 1. The summed E-state index contributed by atoms with van der Waals surface area (Å²) in [5.74, 6) is -0.0742. The molecule has 1 saturated heterocycles. The fraction of sp³-hybridized carbons (Fsp3) is 0.190. The van der Waals surface area contributed by atoms with Crippen LogP contribution >= 0.6 is 0 Å². The van der Waals surface area contributed by atoms with Crippen molar-refractivity contribution in [1.29, 1.82) is 0 Å². The number of benzene rings is 2. The van der Waals surface area contributed by atoms with Crippen molar-refractivity contribution in [2.24, 2.45) is 0 Å². The fourth-order valence-corrected chi connectivity index (χ4v) is 2.83. The van der Waals surface area contributed by atoms with Crippen molar-refractivity contribution < 1.29 is 23.9 Å². The van der Waals surface area contributed by atoms with Crippen molar-refractivity contribution in [2.75, 3.05) is 25.6 Å². The summed E-state index contributed by atoms with van der Waals surface area (Å²) in [5.41, 5.74) is 1.28. The van der Waals surface area contributed by atoms with Crippen LogP contribution in [0.4, 0.5) is 10.5 Å². The lowest BCUT2D eigenvalue weighted by atomic mass is 10.1. The van der Waals surface area contributed by atoms with Gasteiger partial charge in [0.15, 0.2) is 18.1 Å². The van der Waals surface area contributed by atoms with Crippen molar-refractivity contribution in [3.8, 4) is 11.5 Å². The summed E-state index contributed by atoms with van der Waals surface area (Å²) in [4.78, 5) is 37.5. The minimum Gasteiger partial charge on any atom is -0.493 e. The van der Waals surface area contributed by atoms with E-state index in [1.54, 1.807) is 37.3 Å². The maximum atomic E-state index is 12.3. The Hall–Kier alpha value is -3.81. The number of urea groups is 1. The van der Waals surface area contributed by atoms with Gasteiger partial charge in [-0.2, -0.15) is 0 Å². The molecule has 1 fully saturated rings. The van der Waals surface area contributed by atoms with Gasteiger partial charge in [-0.3, -0.25) is 14.5 Å². The van der Waals surface area contributed by atoms with E-state index in [1.807, 2.05) is 18.2 Å². The van der Waals surface area contributed by atoms with Gasteiger partial charge < -0.3 is 20.1 Å². The Balaban J connectivity index is 1.80. The van der Waals surface area contributed by atoms with E-state index < -0.39 is 11.9 Å². The van der Waals surface area contributed by atoms with Crippen molar-refractivity contribution in [3.63, 3.8) is 0 Å². The van der Waals surface area contributed by atoms with Gasteiger partial charge in [-0.25, -0.2) is 4.79 Å². The second-order valence-corrected chi connectivity index (χ2v) is 6.12. The first-order valence-electron chi connectivity index (χ1n) is 9.02. The summed E-state index contributed by atoms with van der Waals surface area (Å²) in [6.07, 6.45) is 1.50. The number of imide groups is 1.